The third-order valence-corrected chi connectivity index (χ3v) is 8.82. The van der Waals surface area contributed by atoms with Crippen LogP contribution < -0.4 is 34.4 Å². The molecule has 16 N–H and O–H groups in total. The molecule has 1 saturated carbocycles. The van der Waals surface area contributed by atoms with Gasteiger partial charge in [-0.3, -0.25) is 0 Å². The molecule has 17 atom stereocenters. The summed E-state index contributed by atoms with van der Waals surface area (Å²) in [5.74, 6) is -0.671. The van der Waals surface area contributed by atoms with Gasteiger partial charge in [0.05, 0.1) is 61.8 Å². The van der Waals surface area contributed by atoms with Crippen LogP contribution in [-0.4, -0.2) is 131 Å². The molecule has 0 aromatic rings. The fraction of sp³-hybridized carbons (Fsp3) is 0.960. The van der Waals surface area contributed by atoms with E-state index >= 15 is 0 Å². The predicted molar refractivity (Wildman–Crippen MR) is 142 cm³/mol. The molecule has 4 aliphatic rings. The van der Waals surface area contributed by atoms with Crippen LogP contribution in [0.15, 0.2) is 0 Å². The fourth-order valence-electron chi connectivity index (χ4n) is 6.41. The summed E-state index contributed by atoms with van der Waals surface area (Å²) in [6.07, 6.45) is -9.39. The number of hydrogen-bond acceptors (Lipinski definition) is 16. The Morgan fingerprint density at radius 1 is 0.878 bits per heavy atom. The first-order chi connectivity index (χ1) is 19.5. The van der Waals surface area contributed by atoms with Crippen molar-refractivity contribution in [1.29, 1.82) is 5.26 Å². The van der Waals surface area contributed by atoms with Crippen molar-refractivity contribution in [2.24, 2.45) is 40.3 Å². The van der Waals surface area contributed by atoms with Gasteiger partial charge in [-0.15, -0.1) is 0 Å². The van der Waals surface area contributed by atoms with Gasteiger partial charge in [0.2, 0.25) is 0 Å². The van der Waals surface area contributed by atoms with Crippen LogP contribution in [0.1, 0.15) is 32.1 Å². The first-order valence-electron chi connectivity index (χ1n) is 14.3. The molecule has 236 valence electrons. The van der Waals surface area contributed by atoms with Gasteiger partial charge in [-0.05, 0) is 19.3 Å². The molecular weight excluding hydrogens is 542 g/mol. The van der Waals surface area contributed by atoms with Gasteiger partial charge in [0, 0.05) is 43.1 Å². The van der Waals surface area contributed by atoms with E-state index in [1.54, 1.807) is 0 Å². The highest BCUT2D eigenvalue weighted by molar-refractivity contribution is 5.05. The van der Waals surface area contributed by atoms with Crippen molar-refractivity contribution in [3.8, 4) is 6.07 Å². The van der Waals surface area contributed by atoms with Gasteiger partial charge in [0.15, 0.2) is 12.6 Å². The van der Waals surface area contributed by atoms with E-state index in [-0.39, 0.29) is 25.8 Å². The van der Waals surface area contributed by atoms with Gasteiger partial charge < -0.3 is 78.5 Å². The Morgan fingerprint density at radius 2 is 1.59 bits per heavy atom. The number of nitrogens with two attached hydrogens (primary N) is 6. The third kappa shape index (κ3) is 7.01. The maximum absolute atomic E-state index is 11.2. The minimum atomic E-state index is -1.46. The number of aliphatic hydroxyl groups excluding tert-OH is 4. The van der Waals surface area contributed by atoms with E-state index < -0.39 is 110 Å². The van der Waals surface area contributed by atoms with Crippen LogP contribution in [-0.2, 0) is 23.7 Å². The maximum Gasteiger partial charge on any atom is 0.187 e. The summed E-state index contributed by atoms with van der Waals surface area (Å²) in [4.78, 5) is 0. The molecule has 3 aliphatic heterocycles. The van der Waals surface area contributed by atoms with Gasteiger partial charge in [0.1, 0.15) is 18.3 Å². The molecule has 16 heteroatoms. The number of nitrogens with zero attached hydrogens (tertiary/aromatic N) is 1. The molecule has 0 amide bonds. The lowest BCUT2D eigenvalue weighted by atomic mass is 9.72. The van der Waals surface area contributed by atoms with E-state index in [1.165, 1.54) is 0 Å². The Kier molecular flexibility index (Phi) is 11.3. The van der Waals surface area contributed by atoms with Crippen molar-refractivity contribution < 1.29 is 44.1 Å². The second-order valence-electron chi connectivity index (χ2n) is 11.7. The molecular formula is C25H47N7O9. The molecule has 0 radical (unpaired) electrons. The molecule has 4 fully saturated rings. The van der Waals surface area contributed by atoms with Crippen molar-refractivity contribution in [1.82, 2.24) is 0 Å². The second kappa shape index (κ2) is 14.1. The average molecular weight is 590 g/mol. The lowest BCUT2D eigenvalue weighted by Crippen LogP contribution is -2.67. The molecule has 0 aromatic heterocycles. The minimum Gasteiger partial charge on any atom is -0.394 e. The standard InChI is InChI=1S/C25H47N7O9/c26-4-3-10(28)15-2-1-11(29)21(38-15)17-12(30)6-13(31)19(35)23(17)41-25-20(36)22(16(8-33)39-25)40-24-18(32)14(34)5-9(7-27)37-24/h9-25,33-36H,1-3,5-8,27-32H2/t9-,10+,11-,12+,13-,14+,15+,16-,17?,18-,19+,20-,21+,22-,23+,24-,25+/m1/s1. The Labute approximate surface area is 239 Å². The molecule has 0 aromatic carbocycles. The van der Waals surface area contributed by atoms with Crippen molar-refractivity contribution in [2.45, 2.75) is 130 Å². The molecule has 0 spiro atoms. The Bertz CT molecular complexity index is 889. The largest absolute Gasteiger partial charge is 0.394 e. The van der Waals surface area contributed by atoms with Crippen molar-refractivity contribution in [3.05, 3.63) is 0 Å². The number of rotatable bonds is 9. The zero-order valence-corrected chi connectivity index (χ0v) is 23.0. The Morgan fingerprint density at radius 3 is 2.24 bits per heavy atom. The first kappa shape index (κ1) is 32.8. The summed E-state index contributed by atoms with van der Waals surface area (Å²) >= 11 is 0. The normalized spacial score (nSPS) is 49.9. The van der Waals surface area contributed by atoms with Crippen LogP contribution in [0, 0.1) is 17.2 Å². The number of aliphatic hydroxyl groups is 4. The molecule has 1 aliphatic carbocycles. The van der Waals surface area contributed by atoms with Crippen LogP contribution in [0.5, 0.6) is 0 Å². The summed E-state index contributed by atoms with van der Waals surface area (Å²) in [6, 6.07) is -1.22. The third-order valence-electron chi connectivity index (χ3n) is 8.82. The van der Waals surface area contributed by atoms with Crippen LogP contribution in [0.3, 0.4) is 0 Å². The quantitative estimate of drug-likeness (QED) is 0.120. The van der Waals surface area contributed by atoms with Crippen molar-refractivity contribution in [3.63, 3.8) is 0 Å². The molecule has 4 rings (SSSR count). The summed E-state index contributed by atoms with van der Waals surface area (Å²) in [7, 11) is 0. The van der Waals surface area contributed by atoms with E-state index in [0.29, 0.717) is 12.8 Å². The molecule has 16 nitrogen and oxygen atoms in total. The Hall–Kier alpha value is -1.11. The monoisotopic (exact) mass is 589 g/mol. The van der Waals surface area contributed by atoms with Crippen LogP contribution in [0.4, 0.5) is 0 Å². The zero-order chi connectivity index (χ0) is 30.0. The summed E-state index contributed by atoms with van der Waals surface area (Å²) in [6.45, 7) is -0.422. The van der Waals surface area contributed by atoms with Gasteiger partial charge in [-0.2, -0.15) is 5.26 Å². The molecule has 3 saturated heterocycles. The van der Waals surface area contributed by atoms with Crippen molar-refractivity contribution >= 4 is 0 Å². The van der Waals surface area contributed by atoms with E-state index in [0.717, 1.165) is 0 Å². The summed E-state index contributed by atoms with van der Waals surface area (Å²) < 4.78 is 30.0. The van der Waals surface area contributed by atoms with E-state index in [1.807, 2.05) is 0 Å². The fourth-order valence-corrected chi connectivity index (χ4v) is 6.41. The Balaban J connectivity index is 1.52. The van der Waals surface area contributed by atoms with Crippen LogP contribution >= 0.6 is 0 Å². The van der Waals surface area contributed by atoms with Gasteiger partial charge in [-0.1, -0.05) is 0 Å². The number of ether oxygens (including phenoxy) is 5. The van der Waals surface area contributed by atoms with Gasteiger partial charge in [0.25, 0.3) is 0 Å². The maximum atomic E-state index is 11.2. The highest BCUT2D eigenvalue weighted by Gasteiger charge is 2.54. The number of hydrogen-bond donors (Lipinski definition) is 10. The smallest absolute Gasteiger partial charge is 0.187 e. The molecule has 3 heterocycles. The lowest BCUT2D eigenvalue weighted by molar-refractivity contribution is -0.257. The SMILES string of the molecule is N#CC[C@H](N)[C@@H]1CC[C@@H](N)[C@@H](C2[C@@H](N)C[C@@H](N)[C@H](O)[C@H]2O[C@@H]2O[C@H](CO)[C@@H](O[C@H]3O[C@@H](CN)C[C@H](O)[C@H]3N)[C@H]2O)O1. The number of nitriles is 1. The van der Waals surface area contributed by atoms with Gasteiger partial charge in [-0.25, -0.2) is 0 Å². The highest BCUT2D eigenvalue weighted by Crippen LogP contribution is 2.38. The van der Waals surface area contributed by atoms with E-state index in [2.05, 4.69) is 6.07 Å². The first-order valence-corrected chi connectivity index (χ1v) is 14.3. The topological polar surface area (TPSA) is 307 Å². The molecule has 0 bridgehead atoms. The minimum absolute atomic E-state index is 0.0975. The van der Waals surface area contributed by atoms with Gasteiger partial charge >= 0.3 is 0 Å². The van der Waals surface area contributed by atoms with Crippen LogP contribution in [0.2, 0.25) is 0 Å². The predicted octanol–water partition coefficient (Wildman–Crippen LogP) is -5.25. The van der Waals surface area contributed by atoms with E-state index in [9.17, 15) is 20.4 Å². The molecule has 41 heavy (non-hydrogen) atoms. The van der Waals surface area contributed by atoms with Crippen molar-refractivity contribution in [2.75, 3.05) is 13.2 Å². The summed E-state index contributed by atoms with van der Waals surface area (Å²) in [5, 5.41) is 51.8. The second-order valence-corrected chi connectivity index (χ2v) is 11.7. The molecule has 1 unspecified atom stereocenters. The lowest BCUT2D eigenvalue weighted by Gasteiger charge is -2.50. The highest BCUT2D eigenvalue weighted by atomic mass is 16.7. The van der Waals surface area contributed by atoms with E-state index in [4.69, 9.17) is 63.3 Å². The zero-order valence-electron chi connectivity index (χ0n) is 23.0. The average Bonchev–Trinajstić information content (AvgIpc) is 3.24. The summed E-state index contributed by atoms with van der Waals surface area (Å²) in [5.41, 5.74) is 37.1. The van der Waals surface area contributed by atoms with Crippen LogP contribution in [0.25, 0.3) is 0 Å².